The maximum Gasteiger partial charge on any atom is 0.495 e. The standard InChI is InChI=1S/C27H24N2O2.C24H22N2O.C20H26BNO2.C14H12BrNO2.C14H14BrN.C7H9N.C6H3BrFNO2.C3H3ClO.CH4O/c1-4-26(30)28-21-14-13-20(15-19-11-9-18(2)10-12-19)24(16-21)25-17-29(3)27(31)23-8-6-5-7-22(23)25;1-16-7-9-17(10-8-16)13-18-11-12-19(25)14-22(18)23-15-26(2)24(27)21-6-4-3-5-20(21)23;1-14-6-8-15(9-7-14)12-16-10-11-17(22)13-18(16)21-23-19(2,3)20(4,5)24-21;1-10-2-4-11(5-3-10)8-12-6-7-13(16(17)18)9-14(12)15;1-10-2-4-11(5-3-10)8-12-6-7-13(16)9-14(12)15;1-6-2-4-7(8)5-3-6;7-5-3-4(9(10)11)1-2-6(5)8;1-2-3(4)5;1-2/h4-14,16-17H,1,15H2,2-3H3,(H,28,30);3-12,14-15H,13,25H2,1-2H3;6-11,13H,12,22H2,1-5H3;2-7,9H,8H2,1H3;2-7,9H,8,16H2,1H3;2-5H,8H2,1H3;1-3H;2H,1H2;2H,1H3. The Hall–Kier alpha value is -14.3. The fourth-order valence-electron chi connectivity index (χ4n) is 14.8. The molecule has 0 atom stereocenters. The summed E-state index contributed by atoms with van der Waals surface area (Å²) >= 11 is 14.5. The van der Waals surface area contributed by atoms with Crippen molar-refractivity contribution in [3.05, 3.63) is 490 Å². The van der Waals surface area contributed by atoms with Crippen LogP contribution in [0, 0.1) is 67.6 Å². The molecular weight excluding hydrogens is 2000 g/mol. The molecule has 1 amide bonds. The number of allylic oxidation sites excluding steroid dienone is 1. The lowest BCUT2D eigenvalue weighted by molar-refractivity contribution is -0.385. The number of carbonyl (C=O) groups excluding carboxylic acids is 2. The first-order valence-electron chi connectivity index (χ1n) is 45.3. The van der Waals surface area contributed by atoms with E-state index in [0.29, 0.717) is 11.1 Å². The first kappa shape index (κ1) is 111. The Kier molecular flexibility index (Phi) is 41.4. The van der Waals surface area contributed by atoms with Crippen molar-refractivity contribution in [2.75, 3.05) is 35.4 Å². The Morgan fingerprint density at radius 3 is 1.08 bits per heavy atom. The van der Waals surface area contributed by atoms with Crippen molar-refractivity contribution < 1.29 is 38.2 Å². The van der Waals surface area contributed by atoms with Crippen LogP contribution in [-0.2, 0) is 65.1 Å². The Labute approximate surface area is 859 Å². The number of carbonyl (C=O) groups is 2. The first-order chi connectivity index (χ1) is 67.5. The van der Waals surface area contributed by atoms with E-state index in [-0.39, 0.29) is 56.1 Å². The van der Waals surface area contributed by atoms with E-state index >= 15 is 0 Å². The van der Waals surface area contributed by atoms with Crippen LogP contribution in [0.25, 0.3) is 43.8 Å². The number of aliphatic hydroxyl groups excluding tert-OH is 1. The number of nitrogens with one attached hydrogen (secondary N) is 1. The van der Waals surface area contributed by atoms with Crippen LogP contribution in [0.3, 0.4) is 0 Å². The minimum absolute atomic E-state index is 0.0123. The normalized spacial score (nSPS) is 11.6. The van der Waals surface area contributed by atoms with Gasteiger partial charge in [-0.1, -0.05) is 279 Å². The fourth-order valence-corrected chi connectivity index (χ4v) is 16.2. The van der Waals surface area contributed by atoms with Crippen LogP contribution in [0.4, 0.5) is 44.2 Å². The molecule has 0 radical (unpaired) electrons. The second-order valence-electron chi connectivity index (χ2n) is 35.0. The van der Waals surface area contributed by atoms with Gasteiger partial charge in [-0.05, 0) is 303 Å². The smallest absolute Gasteiger partial charge is 0.400 e. The molecule has 1 saturated heterocycles. The van der Waals surface area contributed by atoms with Gasteiger partial charge in [0.25, 0.3) is 22.5 Å². The van der Waals surface area contributed by atoms with Gasteiger partial charge in [0.15, 0.2) is 0 Å². The largest absolute Gasteiger partial charge is 0.495 e. The van der Waals surface area contributed by atoms with Gasteiger partial charge in [0.2, 0.25) is 11.1 Å². The number of nitrogens with two attached hydrogens (primary N) is 4. The zero-order valence-electron chi connectivity index (χ0n) is 81.7. The van der Waals surface area contributed by atoms with E-state index in [9.17, 15) is 43.8 Å². The topological polar surface area (TPSA) is 319 Å². The lowest BCUT2D eigenvalue weighted by Gasteiger charge is -2.32. The monoisotopic (exact) mass is 2110 g/mol. The quantitative estimate of drug-likeness (QED) is 0.0116. The molecule has 2 aromatic heterocycles. The average Bonchev–Trinajstić information content (AvgIpc) is 1.31. The maximum atomic E-state index is 12.7. The van der Waals surface area contributed by atoms with Crippen molar-refractivity contribution in [2.45, 2.75) is 113 Å². The number of hydrogen-bond donors (Lipinski definition) is 6. The van der Waals surface area contributed by atoms with Crippen LogP contribution in [0.5, 0.6) is 0 Å². The highest BCUT2D eigenvalue weighted by Crippen LogP contribution is 2.39. The van der Waals surface area contributed by atoms with Crippen LogP contribution in [0.15, 0.2) is 364 Å². The molecule has 10 N–H and O–H groups in total. The minimum Gasteiger partial charge on any atom is -0.400 e. The summed E-state index contributed by atoms with van der Waals surface area (Å²) in [6.45, 7) is 27.3. The van der Waals surface area contributed by atoms with Gasteiger partial charge in [-0.3, -0.25) is 39.4 Å². The number of anilines is 5. The SMILES string of the molecule is C=CC(=O)Cl.C=CC(=O)Nc1ccc(Cc2ccc(C)cc2)c(-c2cn(C)c(=O)c3ccccc23)c1.CO.Cc1ccc(Cc2ccc(N)cc2-c2cn(C)c(=O)c3ccccc23)cc1.Cc1ccc(Cc2ccc(N)cc2B2OC(C)(C)C(C)(C)O2)cc1.Cc1ccc(Cc2ccc(N)cc2Br)cc1.Cc1ccc(Cc2ccc([N+](=O)[O-])cc2Br)cc1.Cc1ccc(N)cc1.O=[N+]([O-])c1ccc(F)c(Br)c1. The van der Waals surface area contributed by atoms with Crippen LogP contribution in [0.2, 0.25) is 0 Å². The minimum atomic E-state index is -0.579. The van der Waals surface area contributed by atoms with E-state index in [4.69, 9.17) is 49.0 Å². The van der Waals surface area contributed by atoms with Crippen LogP contribution in [-0.4, -0.2) is 60.7 Å². The highest BCUT2D eigenvalue weighted by Gasteiger charge is 2.52. The molecule has 26 heteroatoms. The Morgan fingerprint density at radius 1 is 0.415 bits per heavy atom. The maximum absolute atomic E-state index is 12.7. The predicted molar refractivity (Wildman–Crippen MR) is 594 cm³/mol. The number of amides is 1. The zero-order chi connectivity index (χ0) is 104. The van der Waals surface area contributed by atoms with Crippen molar-refractivity contribution in [3.63, 3.8) is 0 Å². The van der Waals surface area contributed by atoms with Gasteiger partial charge < -0.3 is 51.8 Å². The van der Waals surface area contributed by atoms with E-state index < -0.39 is 16.0 Å². The summed E-state index contributed by atoms with van der Waals surface area (Å²) in [7, 11) is 4.17. The van der Waals surface area contributed by atoms with Crippen LogP contribution in [0.1, 0.15) is 117 Å². The molecule has 0 saturated carbocycles. The van der Waals surface area contributed by atoms with E-state index in [1.54, 1.807) is 35.4 Å². The number of nitrogen functional groups attached to an aromatic ring is 4. The van der Waals surface area contributed by atoms with Crippen molar-refractivity contribution in [1.82, 2.24) is 9.13 Å². The summed E-state index contributed by atoms with van der Waals surface area (Å²) in [5.74, 6) is -0.766. The highest BCUT2D eigenvalue weighted by molar-refractivity contribution is 9.11. The third-order valence-corrected chi connectivity index (χ3v) is 25.6. The second kappa shape index (κ2) is 52.8. The van der Waals surface area contributed by atoms with Gasteiger partial charge in [0.1, 0.15) is 5.82 Å². The van der Waals surface area contributed by atoms with E-state index in [0.717, 1.165) is 150 Å². The molecule has 17 rings (SSSR count). The number of aliphatic hydroxyl groups is 1. The number of nitro benzene ring substituents is 2. The predicted octanol–water partition coefficient (Wildman–Crippen LogP) is 26.2. The van der Waals surface area contributed by atoms with Crippen LogP contribution >= 0.6 is 59.4 Å². The number of fused-ring (bicyclic) bond motifs is 2. The first-order valence-corrected chi connectivity index (χ1v) is 48.1. The number of nitrogens with zero attached hydrogens (tertiary/aromatic N) is 4. The van der Waals surface area contributed by atoms with Gasteiger partial charge in [0, 0.05) is 117 Å². The lowest BCUT2D eigenvalue weighted by atomic mass is 9.74. The molecule has 3 heterocycles. The molecule has 142 heavy (non-hydrogen) atoms. The summed E-state index contributed by atoms with van der Waals surface area (Å²) in [5, 5.41) is 33.4. The number of hydrogen-bond acceptors (Lipinski definition) is 15. The number of halogens is 5. The molecule has 1 aliphatic heterocycles. The number of aryl methyl sites for hydroxylation is 8. The molecule has 0 aliphatic carbocycles. The number of pyridine rings is 2. The van der Waals surface area contributed by atoms with Crippen molar-refractivity contribution >= 4 is 144 Å². The Balaban J connectivity index is 0.000000188. The van der Waals surface area contributed by atoms with E-state index in [1.807, 2.05) is 154 Å². The lowest BCUT2D eigenvalue weighted by Crippen LogP contribution is -2.41. The second-order valence-corrected chi connectivity index (χ2v) is 37.9. The molecule has 14 aromatic carbocycles. The number of rotatable bonds is 18. The summed E-state index contributed by atoms with van der Waals surface area (Å²) in [6.07, 6.45) is 10.2. The Bertz CT molecular complexity index is 7200. The van der Waals surface area contributed by atoms with Gasteiger partial charge in [-0.2, -0.15) is 0 Å². The summed E-state index contributed by atoms with van der Waals surface area (Å²) in [5.41, 5.74) is 50.9. The molecule has 0 bridgehead atoms. The van der Waals surface area contributed by atoms with Gasteiger partial charge in [-0.25, -0.2) is 4.39 Å². The van der Waals surface area contributed by atoms with Crippen molar-refractivity contribution in [3.8, 4) is 22.3 Å². The summed E-state index contributed by atoms with van der Waals surface area (Å²) in [6, 6.07) is 97.8. The Morgan fingerprint density at radius 2 is 0.718 bits per heavy atom. The number of benzene rings is 14. The third kappa shape index (κ3) is 32.7. The zero-order valence-corrected chi connectivity index (χ0v) is 87.2. The van der Waals surface area contributed by atoms with Crippen molar-refractivity contribution in [2.24, 2.45) is 14.1 Å². The van der Waals surface area contributed by atoms with Gasteiger partial charge in [-0.15, -0.1) is 0 Å². The van der Waals surface area contributed by atoms with Crippen molar-refractivity contribution in [1.29, 1.82) is 0 Å². The van der Waals surface area contributed by atoms with Gasteiger partial charge in [0.05, 0.1) is 25.5 Å². The summed E-state index contributed by atoms with van der Waals surface area (Å²) < 4.78 is 30.2. The molecule has 0 spiro atoms. The number of nitro groups is 2. The molecule has 16 aromatic rings. The molecular formula is C116H117BBr3ClFN9O11. The van der Waals surface area contributed by atoms with E-state index in [2.05, 4.69) is 261 Å². The average molecular weight is 2120 g/mol. The molecule has 0 unspecified atom stereocenters. The highest BCUT2D eigenvalue weighted by atomic mass is 79.9. The molecule has 730 valence electrons. The van der Waals surface area contributed by atoms with E-state index in [1.165, 1.54) is 90.0 Å². The number of aromatic nitrogens is 2. The fraction of sp³-hybridized carbons (Fsp3) is 0.172. The third-order valence-electron chi connectivity index (χ3n) is 23.4. The summed E-state index contributed by atoms with van der Waals surface area (Å²) in [4.78, 5) is 66.3. The molecule has 1 aliphatic rings. The van der Waals surface area contributed by atoms with Crippen LogP contribution < -0.4 is 44.8 Å². The van der Waals surface area contributed by atoms with Gasteiger partial charge >= 0.3 is 7.12 Å². The number of non-ortho nitro benzene ring substituents is 2. The molecule has 1 fully saturated rings. The molecule has 20 nitrogen and oxygen atoms in total.